The lowest BCUT2D eigenvalue weighted by atomic mass is 10.1. The highest BCUT2D eigenvalue weighted by atomic mass is 32.1. The van der Waals surface area contributed by atoms with E-state index in [0.717, 1.165) is 30.7 Å². The van der Waals surface area contributed by atoms with Crippen LogP contribution in [-0.4, -0.2) is 23.9 Å². The minimum Gasteiger partial charge on any atom is -0.493 e. The van der Waals surface area contributed by atoms with Gasteiger partial charge in [-0.2, -0.15) is 13.2 Å². The third-order valence-electron chi connectivity index (χ3n) is 5.60. The van der Waals surface area contributed by atoms with Crippen LogP contribution in [0.4, 0.5) is 13.2 Å². The molecule has 1 atom stereocenters. The second-order valence-corrected chi connectivity index (χ2v) is 10.1. The van der Waals surface area contributed by atoms with E-state index in [2.05, 4.69) is 17.2 Å². The van der Waals surface area contributed by atoms with Crippen molar-refractivity contribution in [2.45, 2.75) is 83.7 Å². The largest absolute Gasteiger partial charge is 0.493 e. The van der Waals surface area contributed by atoms with Crippen molar-refractivity contribution in [2.24, 2.45) is 0 Å². The fourth-order valence-corrected chi connectivity index (χ4v) is 4.93. The van der Waals surface area contributed by atoms with Gasteiger partial charge in [-0.3, -0.25) is 5.32 Å². The molecule has 1 N–H and O–H groups in total. The molecule has 0 bridgehead atoms. The van der Waals surface area contributed by atoms with Crippen LogP contribution in [0, 0.1) is 0 Å². The molecule has 4 nitrogen and oxygen atoms in total. The number of thiazole rings is 1. The fourth-order valence-electron chi connectivity index (χ4n) is 3.93. The highest BCUT2D eigenvalue weighted by Crippen LogP contribution is 2.41. The number of nitrogens with zero attached hydrogens (tertiary/aromatic N) is 1. The first-order valence-corrected chi connectivity index (χ1v) is 12.1. The summed E-state index contributed by atoms with van der Waals surface area (Å²) in [5.74, 6) is -0.112. The minimum absolute atomic E-state index is 0.112. The quantitative estimate of drug-likeness (QED) is 0.375. The minimum atomic E-state index is -4.49. The van der Waals surface area contributed by atoms with E-state index in [4.69, 9.17) is 9.47 Å². The van der Waals surface area contributed by atoms with Gasteiger partial charge in [0.05, 0.1) is 29.2 Å². The normalized spacial score (nSPS) is 20.6. The van der Waals surface area contributed by atoms with E-state index < -0.39 is 23.0 Å². The molecule has 32 heavy (non-hydrogen) atoms. The van der Waals surface area contributed by atoms with Crippen LogP contribution in [0.15, 0.2) is 24.4 Å². The van der Waals surface area contributed by atoms with Gasteiger partial charge in [0, 0.05) is 6.20 Å². The second kappa shape index (κ2) is 10.1. The number of rotatable bonds is 10. The highest BCUT2D eigenvalue weighted by molar-refractivity contribution is 7.15. The number of alkyl halides is 3. The summed E-state index contributed by atoms with van der Waals surface area (Å²) in [6, 6.07) is 4.27. The van der Waals surface area contributed by atoms with Crippen LogP contribution in [0.5, 0.6) is 5.75 Å². The Morgan fingerprint density at radius 1 is 1.12 bits per heavy atom. The Balaban J connectivity index is 1.72. The van der Waals surface area contributed by atoms with E-state index >= 15 is 0 Å². The molecule has 2 heterocycles. The van der Waals surface area contributed by atoms with Crippen molar-refractivity contribution in [3.05, 3.63) is 35.0 Å². The summed E-state index contributed by atoms with van der Waals surface area (Å²) in [5, 5.41) is 4.19. The maximum absolute atomic E-state index is 13.7. The zero-order valence-corrected chi connectivity index (χ0v) is 20.1. The molecule has 0 amide bonds. The Morgan fingerprint density at radius 2 is 1.84 bits per heavy atom. The number of halogens is 3. The van der Waals surface area contributed by atoms with Gasteiger partial charge in [-0.25, -0.2) is 4.98 Å². The van der Waals surface area contributed by atoms with E-state index in [0.29, 0.717) is 23.7 Å². The van der Waals surface area contributed by atoms with Gasteiger partial charge in [0.15, 0.2) is 0 Å². The van der Waals surface area contributed by atoms with Gasteiger partial charge in [0.2, 0.25) is 0 Å². The average Bonchev–Trinajstić information content (AvgIpc) is 3.32. The molecule has 3 rings (SSSR count). The zero-order valence-electron chi connectivity index (χ0n) is 19.3. The topological polar surface area (TPSA) is 43.4 Å². The Bertz CT molecular complexity index is 898. The molecule has 0 aliphatic carbocycles. The molecule has 1 aromatic carbocycles. The van der Waals surface area contributed by atoms with Crippen molar-refractivity contribution in [3.63, 3.8) is 0 Å². The summed E-state index contributed by atoms with van der Waals surface area (Å²) in [6.07, 6.45) is 3.48. The van der Waals surface area contributed by atoms with E-state index in [1.165, 1.54) is 36.3 Å². The Labute approximate surface area is 192 Å². The van der Waals surface area contributed by atoms with Gasteiger partial charge in [0.1, 0.15) is 16.5 Å². The molecule has 1 aliphatic heterocycles. The van der Waals surface area contributed by atoms with Gasteiger partial charge < -0.3 is 9.47 Å². The third-order valence-corrected chi connectivity index (χ3v) is 6.91. The van der Waals surface area contributed by atoms with Crippen molar-refractivity contribution >= 4 is 11.3 Å². The number of ether oxygens (including phenoxy) is 2. The maximum atomic E-state index is 13.7. The van der Waals surface area contributed by atoms with Crippen LogP contribution in [-0.2, 0) is 16.5 Å². The molecular weight excluding hydrogens is 437 g/mol. The van der Waals surface area contributed by atoms with Crippen molar-refractivity contribution in [2.75, 3.05) is 13.2 Å². The van der Waals surface area contributed by atoms with E-state index in [-0.39, 0.29) is 5.75 Å². The molecule has 1 aromatic heterocycles. The van der Waals surface area contributed by atoms with Gasteiger partial charge in [-0.1, -0.05) is 39.0 Å². The summed E-state index contributed by atoms with van der Waals surface area (Å²) in [5.41, 5.74) is -1.21. The number of benzene rings is 1. The number of unbranched alkanes of at least 4 members (excludes halogenated alkanes) is 5. The zero-order chi connectivity index (χ0) is 23.4. The lowest BCUT2D eigenvalue weighted by Crippen LogP contribution is -2.44. The van der Waals surface area contributed by atoms with Gasteiger partial charge >= 0.3 is 6.18 Å². The Kier molecular flexibility index (Phi) is 7.89. The van der Waals surface area contributed by atoms with Crippen molar-refractivity contribution in [1.82, 2.24) is 10.3 Å². The fraction of sp³-hybridized carbons (Fsp3) is 0.625. The molecule has 178 valence electrons. The number of nitrogens with one attached hydrogen (secondary N) is 1. The van der Waals surface area contributed by atoms with E-state index in [1.54, 1.807) is 12.3 Å². The molecule has 0 radical (unpaired) electrons. The van der Waals surface area contributed by atoms with E-state index in [1.807, 2.05) is 20.8 Å². The van der Waals surface area contributed by atoms with Crippen molar-refractivity contribution < 1.29 is 22.6 Å². The van der Waals surface area contributed by atoms with Crippen LogP contribution >= 0.6 is 11.3 Å². The van der Waals surface area contributed by atoms with Gasteiger partial charge in [0.25, 0.3) is 0 Å². The Morgan fingerprint density at radius 3 is 2.50 bits per heavy atom. The van der Waals surface area contributed by atoms with Crippen LogP contribution in [0.3, 0.4) is 0 Å². The first-order valence-electron chi connectivity index (χ1n) is 11.3. The monoisotopic (exact) mass is 470 g/mol. The molecule has 1 aliphatic rings. The van der Waals surface area contributed by atoms with Crippen LogP contribution in [0.2, 0.25) is 0 Å². The predicted molar refractivity (Wildman–Crippen MR) is 122 cm³/mol. The van der Waals surface area contributed by atoms with Gasteiger partial charge in [-0.05, 0) is 51.0 Å². The second-order valence-electron chi connectivity index (χ2n) is 9.11. The first kappa shape index (κ1) is 25.0. The van der Waals surface area contributed by atoms with Crippen LogP contribution in [0.25, 0.3) is 10.4 Å². The van der Waals surface area contributed by atoms with Gasteiger partial charge in [-0.15, -0.1) is 11.3 Å². The smallest absolute Gasteiger partial charge is 0.419 e. The highest BCUT2D eigenvalue weighted by Gasteiger charge is 2.43. The number of hydrogen-bond acceptors (Lipinski definition) is 5. The molecule has 0 saturated carbocycles. The van der Waals surface area contributed by atoms with Crippen LogP contribution < -0.4 is 10.1 Å². The molecule has 8 heteroatoms. The average molecular weight is 471 g/mol. The summed E-state index contributed by atoms with van der Waals surface area (Å²) >= 11 is 1.38. The third kappa shape index (κ3) is 6.23. The van der Waals surface area contributed by atoms with Crippen LogP contribution in [0.1, 0.15) is 76.8 Å². The molecule has 0 spiro atoms. The molecule has 2 aromatic rings. The SMILES string of the molecule is CCCCCCCCOc1ccc(-c2cnc([C@@]3(C)COC(C)(C)N3)s2)cc1C(F)(F)F. The summed E-state index contributed by atoms with van der Waals surface area (Å²) < 4.78 is 52.5. The lowest BCUT2D eigenvalue weighted by Gasteiger charge is -2.23. The molecule has 1 fully saturated rings. The van der Waals surface area contributed by atoms with E-state index in [9.17, 15) is 13.2 Å². The molecule has 1 saturated heterocycles. The predicted octanol–water partition coefficient (Wildman–Crippen LogP) is 7.14. The van der Waals surface area contributed by atoms with Crippen molar-refractivity contribution in [1.29, 1.82) is 0 Å². The maximum Gasteiger partial charge on any atom is 0.419 e. The molecule has 0 unspecified atom stereocenters. The Hall–Kier alpha value is -1.64. The number of hydrogen-bond donors (Lipinski definition) is 1. The standard InChI is InChI=1S/C24H33F3N2O2S/c1-5-6-7-8-9-10-13-30-19-12-11-17(14-18(19)24(25,26)27)20-15-28-21(32-20)23(4)16-31-22(2,3)29-23/h11-12,14-15,29H,5-10,13,16H2,1-4H3/t23-/m1/s1. The first-order chi connectivity index (χ1) is 15.0. The lowest BCUT2D eigenvalue weighted by molar-refractivity contribution is -0.138. The number of aromatic nitrogens is 1. The summed E-state index contributed by atoms with van der Waals surface area (Å²) in [7, 11) is 0. The summed E-state index contributed by atoms with van der Waals surface area (Å²) in [6.45, 7) is 8.76. The van der Waals surface area contributed by atoms with Crippen molar-refractivity contribution in [3.8, 4) is 16.2 Å². The summed E-state index contributed by atoms with van der Waals surface area (Å²) in [4.78, 5) is 5.16. The molecular formula is C24H33F3N2O2S.